The summed E-state index contributed by atoms with van der Waals surface area (Å²) in [6, 6.07) is 13.1. The SMILES string of the molecule is O=[N+]([O-])c1ccc(NNc2[nH+]c(-c3ccccc3)cs2)c([N+](=O)[O-])c1.[Br-]. The van der Waals surface area contributed by atoms with E-state index in [-0.39, 0.29) is 34.0 Å². The number of nitro groups is 2. The predicted molar refractivity (Wildman–Crippen MR) is 93.3 cm³/mol. The average molecular weight is 438 g/mol. The van der Waals surface area contributed by atoms with Crippen LogP contribution < -0.4 is 32.8 Å². The molecule has 3 aromatic rings. The summed E-state index contributed by atoms with van der Waals surface area (Å²) in [5.41, 5.74) is 6.84. The molecule has 0 saturated heterocycles. The van der Waals surface area contributed by atoms with Crippen LogP contribution in [0.5, 0.6) is 0 Å². The van der Waals surface area contributed by atoms with Gasteiger partial charge in [-0.1, -0.05) is 41.7 Å². The Balaban J connectivity index is 0.00000243. The highest BCUT2D eigenvalue weighted by atomic mass is 79.9. The van der Waals surface area contributed by atoms with Gasteiger partial charge in [0.1, 0.15) is 5.69 Å². The summed E-state index contributed by atoms with van der Waals surface area (Å²) in [7, 11) is 0. The summed E-state index contributed by atoms with van der Waals surface area (Å²) in [5.74, 6) is 0. The van der Waals surface area contributed by atoms with E-state index in [1.807, 2.05) is 35.7 Å². The monoisotopic (exact) mass is 437 g/mol. The first-order valence-corrected chi connectivity index (χ1v) is 7.93. The number of nitrogens with one attached hydrogen (secondary N) is 3. The lowest BCUT2D eigenvalue weighted by Crippen LogP contribution is -3.00. The van der Waals surface area contributed by atoms with E-state index < -0.39 is 9.85 Å². The van der Waals surface area contributed by atoms with Gasteiger partial charge in [0.25, 0.3) is 5.69 Å². The highest BCUT2D eigenvalue weighted by molar-refractivity contribution is 7.13. The van der Waals surface area contributed by atoms with Crippen molar-refractivity contribution in [3.8, 4) is 11.3 Å². The molecular weight excluding hydrogens is 426 g/mol. The Morgan fingerprint density at radius 2 is 1.69 bits per heavy atom. The number of thiazole rings is 1. The molecule has 134 valence electrons. The second kappa shape index (κ2) is 8.36. The van der Waals surface area contributed by atoms with Gasteiger partial charge in [0, 0.05) is 17.0 Å². The third-order valence-electron chi connectivity index (χ3n) is 3.33. The lowest BCUT2D eigenvalue weighted by molar-refractivity contribution is -0.393. The first-order valence-electron chi connectivity index (χ1n) is 7.05. The van der Waals surface area contributed by atoms with Crippen molar-refractivity contribution < 1.29 is 31.8 Å². The molecule has 0 spiro atoms. The van der Waals surface area contributed by atoms with Gasteiger partial charge in [0.2, 0.25) is 0 Å². The fourth-order valence-electron chi connectivity index (χ4n) is 2.13. The minimum atomic E-state index is -0.677. The fraction of sp³-hybridized carbons (Fsp3) is 0. The molecule has 0 bridgehead atoms. The van der Waals surface area contributed by atoms with E-state index >= 15 is 0 Å². The zero-order valence-corrected chi connectivity index (χ0v) is 15.4. The minimum Gasteiger partial charge on any atom is -1.00 e. The predicted octanol–water partition coefficient (Wildman–Crippen LogP) is 0.489. The van der Waals surface area contributed by atoms with Gasteiger partial charge in [0.05, 0.1) is 15.9 Å². The molecule has 0 aliphatic rings. The number of nitro benzene ring substituents is 2. The summed E-state index contributed by atoms with van der Waals surface area (Å²) in [4.78, 5) is 23.6. The summed E-state index contributed by atoms with van der Waals surface area (Å²) in [6.07, 6.45) is 0. The molecule has 0 unspecified atom stereocenters. The van der Waals surface area contributed by atoms with E-state index in [0.717, 1.165) is 17.3 Å². The number of nitrogens with zero attached hydrogens (tertiary/aromatic N) is 2. The third-order valence-corrected chi connectivity index (χ3v) is 4.12. The highest BCUT2D eigenvalue weighted by Crippen LogP contribution is 2.29. The first kappa shape index (κ1) is 19.3. The number of hydrazine groups is 1. The van der Waals surface area contributed by atoms with Gasteiger partial charge in [-0.2, -0.15) is 5.43 Å². The lowest BCUT2D eigenvalue weighted by atomic mass is 10.2. The summed E-state index contributed by atoms with van der Waals surface area (Å²) in [6.45, 7) is 0. The van der Waals surface area contributed by atoms with Crippen LogP contribution in [0.3, 0.4) is 0 Å². The van der Waals surface area contributed by atoms with Gasteiger partial charge in [-0.3, -0.25) is 20.2 Å². The van der Waals surface area contributed by atoms with Crippen molar-refractivity contribution >= 4 is 33.5 Å². The van der Waals surface area contributed by atoms with Gasteiger partial charge < -0.3 is 17.0 Å². The second-order valence-electron chi connectivity index (χ2n) is 4.94. The second-order valence-corrected chi connectivity index (χ2v) is 5.81. The number of aromatic amines is 1. The maximum atomic E-state index is 11.1. The number of halogens is 1. The third kappa shape index (κ3) is 4.32. The smallest absolute Gasteiger partial charge is 0.355 e. The molecule has 2 aromatic carbocycles. The Labute approximate surface area is 161 Å². The number of anilines is 2. The van der Waals surface area contributed by atoms with E-state index in [4.69, 9.17) is 0 Å². The van der Waals surface area contributed by atoms with Crippen LogP contribution in [0.4, 0.5) is 22.2 Å². The Bertz CT molecular complexity index is 935. The molecule has 0 fully saturated rings. The molecule has 1 heterocycles. The quantitative estimate of drug-likeness (QED) is 0.427. The molecule has 0 atom stereocenters. The van der Waals surface area contributed by atoms with Crippen molar-refractivity contribution in [3.05, 3.63) is 74.1 Å². The summed E-state index contributed by atoms with van der Waals surface area (Å²) in [5, 5.41) is 24.4. The number of hydrogen-bond acceptors (Lipinski definition) is 7. The van der Waals surface area contributed by atoms with Gasteiger partial charge in [0.15, 0.2) is 5.69 Å². The molecule has 0 amide bonds. The van der Waals surface area contributed by atoms with Crippen LogP contribution in [0.1, 0.15) is 0 Å². The molecule has 0 aliphatic carbocycles. The molecule has 11 heteroatoms. The van der Waals surface area contributed by atoms with Crippen molar-refractivity contribution in [2.45, 2.75) is 0 Å². The lowest BCUT2D eigenvalue weighted by Gasteiger charge is -2.02. The zero-order valence-electron chi connectivity index (χ0n) is 13.0. The van der Waals surface area contributed by atoms with Crippen LogP contribution >= 0.6 is 11.3 Å². The molecule has 26 heavy (non-hydrogen) atoms. The van der Waals surface area contributed by atoms with Crippen molar-refractivity contribution in [2.24, 2.45) is 0 Å². The Hall–Kier alpha value is -3.05. The Morgan fingerprint density at radius 1 is 0.962 bits per heavy atom. The summed E-state index contributed by atoms with van der Waals surface area (Å²) >= 11 is 1.38. The van der Waals surface area contributed by atoms with E-state index in [2.05, 4.69) is 15.8 Å². The van der Waals surface area contributed by atoms with Crippen LogP contribution in [0.2, 0.25) is 0 Å². The normalized spacial score (nSPS) is 9.85. The molecule has 0 saturated carbocycles. The largest absolute Gasteiger partial charge is 1.00 e. The van der Waals surface area contributed by atoms with Crippen molar-refractivity contribution in [1.82, 2.24) is 0 Å². The van der Waals surface area contributed by atoms with Crippen LogP contribution in [0, 0.1) is 20.2 Å². The van der Waals surface area contributed by atoms with E-state index in [9.17, 15) is 20.2 Å². The number of aromatic nitrogens is 1. The first-order chi connectivity index (χ1) is 12.0. The number of H-pyrrole nitrogens is 1. The van der Waals surface area contributed by atoms with Crippen molar-refractivity contribution in [1.29, 1.82) is 0 Å². The van der Waals surface area contributed by atoms with Crippen LogP contribution in [0.15, 0.2) is 53.9 Å². The molecule has 0 aliphatic heterocycles. The maximum absolute atomic E-state index is 11.1. The van der Waals surface area contributed by atoms with E-state index in [0.29, 0.717) is 5.13 Å². The van der Waals surface area contributed by atoms with Gasteiger partial charge >= 0.3 is 10.8 Å². The van der Waals surface area contributed by atoms with Gasteiger partial charge in [-0.15, -0.1) is 0 Å². The van der Waals surface area contributed by atoms with E-state index in [1.165, 1.54) is 23.5 Å². The van der Waals surface area contributed by atoms with Crippen molar-refractivity contribution in [3.63, 3.8) is 0 Å². The van der Waals surface area contributed by atoms with Crippen LogP contribution in [-0.2, 0) is 0 Å². The Morgan fingerprint density at radius 3 is 2.35 bits per heavy atom. The topological polar surface area (TPSA) is 124 Å². The molecule has 0 radical (unpaired) electrons. The van der Waals surface area contributed by atoms with E-state index in [1.54, 1.807) is 0 Å². The molecule has 3 N–H and O–H groups in total. The number of non-ortho nitro benzene ring substituents is 1. The number of hydrogen-bond donors (Lipinski definition) is 2. The standard InChI is InChI=1S/C15H11N5O4S.BrH/c21-19(22)11-6-7-12(14(8-11)20(23)24)17-18-15-16-13(9-25-15)10-4-2-1-3-5-10;/h1-9,17H,(H,16,18);1H. The summed E-state index contributed by atoms with van der Waals surface area (Å²) < 4.78 is 0. The van der Waals surface area contributed by atoms with Crippen molar-refractivity contribution in [2.75, 3.05) is 10.9 Å². The molecular formula is C15H12BrN5O4S. The fourth-order valence-corrected chi connectivity index (χ4v) is 2.84. The maximum Gasteiger partial charge on any atom is 0.355 e. The number of benzene rings is 2. The molecule has 3 rings (SSSR count). The Kier molecular flexibility index (Phi) is 6.20. The highest BCUT2D eigenvalue weighted by Gasteiger charge is 2.21. The average Bonchev–Trinajstić information content (AvgIpc) is 3.09. The van der Waals surface area contributed by atoms with Gasteiger partial charge in [-0.25, -0.2) is 10.4 Å². The minimum absolute atomic E-state index is 0. The van der Waals surface area contributed by atoms with Crippen LogP contribution in [-0.4, -0.2) is 9.85 Å². The van der Waals surface area contributed by atoms with Gasteiger partial charge in [-0.05, 0) is 6.07 Å². The number of rotatable bonds is 6. The van der Waals surface area contributed by atoms with Crippen LogP contribution in [0.25, 0.3) is 11.3 Å². The molecule has 1 aromatic heterocycles. The molecule has 9 nitrogen and oxygen atoms in total. The zero-order chi connectivity index (χ0) is 17.8.